The van der Waals surface area contributed by atoms with E-state index in [1.807, 2.05) is 27.0 Å². The van der Waals surface area contributed by atoms with E-state index < -0.39 is 47.6 Å². The monoisotopic (exact) mass is 2010 g/mol. The van der Waals surface area contributed by atoms with Gasteiger partial charge in [0.1, 0.15) is 46.3 Å². The summed E-state index contributed by atoms with van der Waals surface area (Å²) in [6.45, 7) is 30.8. The van der Waals surface area contributed by atoms with Gasteiger partial charge in [-0.3, -0.25) is 49.0 Å². The van der Waals surface area contributed by atoms with Gasteiger partial charge in [-0.25, -0.2) is 58.4 Å². The van der Waals surface area contributed by atoms with Gasteiger partial charge in [0.05, 0.1) is 19.6 Å². The highest BCUT2D eigenvalue weighted by molar-refractivity contribution is 8.19. The van der Waals surface area contributed by atoms with Gasteiger partial charge < -0.3 is 48.3 Å². The molecule has 4 N–H and O–H groups in total. The van der Waals surface area contributed by atoms with Gasteiger partial charge >= 0.3 is 24.4 Å². The predicted molar refractivity (Wildman–Crippen MR) is 550 cm³/mol. The molecule has 12 aliphatic rings. The molecule has 0 aromatic heterocycles. The van der Waals surface area contributed by atoms with E-state index in [0.717, 1.165) is 201 Å². The van der Waals surface area contributed by atoms with Crippen LogP contribution in [-0.4, -0.2) is 311 Å². The molecular weight excluding hydrogens is 1870 g/mol. The van der Waals surface area contributed by atoms with Crippen molar-refractivity contribution in [3.05, 3.63) is 138 Å². The molecule has 12 heterocycles. The van der Waals surface area contributed by atoms with Gasteiger partial charge in [0.25, 0.3) is 23.6 Å². The number of piperidine rings is 2. The van der Waals surface area contributed by atoms with E-state index in [2.05, 4.69) is 89.0 Å². The third-order valence-electron chi connectivity index (χ3n) is 24.9. The van der Waals surface area contributed by atoms with E-state index in [1.54, 1.807) is 46.1 Å². The Morgan fingerprint density at radius 1 is 0.374 bits per heavy atom. The fourth-order valence-corrected chi connectivity index (χ4v) is 20.7. The summed E-state index contributed by atoms with van der Waals surface area (Å²) in [5.74, 6) is -3.10. The Kier molecular flexibility index (Phi) is 46.1. The van der Waals surface area contributed by atoms with Gasteiger partial charge in [-0.05, 0) is 295 Å². The van der Waals surface area contributed by atoms with Gasteiger partial charge in [-0.15, -0.1) is 0 Å². The number of aliphatic imine (C=N–C) groups is 4. The average molecular weight is 2010 g/mol. The van der Waals surface area contributed by atoms with Crippen LogP contribution >= 0.6 is 47.0 Å². The molecule has 40 heteroatoms. The number of rotatable bonds is 23. The molecule has 0 saturated carbocycles. The molecule has 4 aromatic rings. The van der Waals surface area contributed by atoms with Gasteiger partial charge in [-0.2, -0.15) is 20.0 Å². The van der Waals surface area contributed by atoms with Crippen LogP contribution in [-0.2, 0) is 19.2 Å². The topological polar surface area (TPSA) is 310 Å². The fraction of sp³-hybridized carbons (Fsp3) is 0.556. The number of thioether (sulfide) groups is 4. The summed E-state index contributed by atoms with van der Waals surface area (Å²) in [7, 11) is 1.66. The lowest BCUT2D eigenvalue weighted by molar-refractivity contribution is -0.114. The van der Waals surface area contributed by atoms with E-state index in [4.69, 9.17) is 18.9 Å². The van der Waals surface area contributed by atoms with E-state index in [1.165, 1.54) is 157 Å². The van der Waals surface area contributed by atoms with Gasteiger partial charge in [0.2, 0.25) is 0 Å². The molecule has 8 saturated heterocycles. The number of hydrogen-bond acceptors (Lipinski definition) is 28. The lowest BCUT2D eigenvalue weighted by Crippen LogP contribution is -2.45. The second-order valence-corrected chi connectivity index (χ2v) is 38.3. The van der Waals surface area contributed by atoms with Crippen LogP contribution < -0.4 is 40.7 Å². The van der Waals surface area contributed by atoms with E-state index in [9.17, 15) is 55.9 Å². The minimum atomic E-state index is -0.570. The number of nitrogens with one attached hydrogen (secondary N) is 4. The van der Waals surface area contributed by atoms with E-state index in [-0.39, 0.29) is 76.3 Å². The van der Waals surface area contributed by atoms with Crippen molar-refractivity contribution >= 4 is 140 Å². The van der Waals surface area contributed by atoms with Crippen molar-refractivity contribution in [1.82, 2.24) is 80.9 Å². The SMILES string of the molecule is C.C.C.C.CCN(CC)CCCN(C)C(=O)Oc1cc(F)ccc1/C=C1\SC(N2CCCCN2)=NC1=O.CCN(CC)CCCN(CC)C(=O)Oc1cc(F)ccc1/C=C1\SC(N2CCCCN2)=NC1=O.O=C1N=C(N2CCCCN2)S/C1=C\c1ccc(F)cc1OC(=O)N1CCC(N2CCCCC2)C1.O=C1N=C(N2CCCCN2)S/C1=C\c1ccc(F)cc1OC(=O)N1CC[C@@H](N2CCCCC2)C1. The lowest BCUT2D eigenvalue weighted by atomic mass is 10.1. The molecule has 12 aliphatic heterocycles. The summed E-state index contributed by atoms with van der Waals surface area (Å²) in [4.78, 5) is 135. The highest BCUT2D eigenvalue weighted by atomic mass is 32.2. The van der Waals surface area contributed by atoms with Gasteiger partial charge in [-0.1, -0.05) is 70.2 Å². The number of carbonyl (C=O) groups excluding carboxylic acids is 8. The highest BCUT2D eigenvalue weighted by Gasteiger charge is 2.38. The summed E-state index contributed by atoms with van der Waals surface area (Å²) >= 11 is 5.04. The van der Waals surface area contributed by atoms with Crippen LogP contribution in [0.15, 0.2) is 112 Å². The number of halogens is 4. The van der Waals surface area contributed by atoms with Crippen LogP contribution in [0.3, 0.4) is 0 Å². The van der Waals surface area contributed by atoms with Crippen molar-refractivity contribution in [3.8, 4) is 23.0 Å². The smallest absolute Gasteiger partial charge is 0.409 e. The van der Waals surface area contributed by atoms with Crippen molar-refractivity contribution in [3.63, 3.8) is 0 Å². The lowest BCUT2D eigenvalue weighted by Gasteiger charge is -2.32. The van der Waals surface area contributed by atoms with E-state index in [0.29, 0.717) is 120 Å². The third kappa shape index (κ3) is 32.7. The molecule has 32 nitrogen and oxygen atoms in total. The van der Waals surface area contributed by atoms with Crippen LogP contribution in [0, 0.1) is 23.3 Å². The van der Waals surface area contributed by atoms with E-state index >= 15 is 0 Å². The number of benzene rings is 4. The van der Waals surface area contributed by atoms with Crippen molar-refractivity contribution in [2.75, 3.05) is 171 Å². The van der Waals surface area contributed by atoms with Gasteiger partial charge in [0.15, 0.2) is 20.7 Å². The predicted octanol–water partition coefficient (Wildman–Crippen LogP) is 17.0. The molecule has 139 heavy (non-hydrogen) atoms. The molecule has 762 valence electrons. The Labute approximate surface area is 834 Å². The van der Waals surface area contributed by atoms with Crippen molar-refractivity contribution < 1.29 is 74.9 Å². The van der Waals surface area contributed by atoms with Crippen molar-refractivity contribution in [2.45, 2.75) is 192 Å². The van der Waals surface area contributed by atoms with Gasteiger partial charge in [0, 0.05) is 164 Å². The Hall–Kier alpha value is -9.72. The Morgan fingerprint density at radius 2 is 0.662 bits per heavy atom. The molecule has 8 amide bonds. The van der Waals surface area contributed by atoms with Crippen LogP contribution in [0.4, 0.5) is 36.7 Å². The second-order valence-electron chi connectivity index (χ2n) is 34.2. The number of hydrazine groups is 4. The molecule has 1 unspecified atom stereocenters. The first-order valence-electron chi connectivity index (χ1n) is 47.6. The van der Waals surface area contributed by atoms with Crippen LogP contribution in [0.25, 0.3) is 24.3 Å². The molecule has 0 spiro atoms. The molecule has 0 radical (unpaired) electrons. The summed E-state index contributed by atoms with van der Waals surface area (Å²) in [6.07, 6.45) is 23.7. The maximum Gasteiger partial charge on any atom is 0.415 e. The molecule has 2 atom stereocenters. The quantitative estimate of drug-likeness (QED) is 0.0396. The average Bonchev–Trinajstić information content (AvgIpc) is 1.59. The summed E-state index contributed by atoms with van der Waals surface area (Å²) in [5.41, 5.74) is 14.8. The summed E-state index contributed by atoms with van der Waals surface area (Å²) in [6, 6.07) is 16.6. The summed E-state index contributed by atoms with van der Waals surface area (Å²) < 4.78 is 78.3. The number of likely N-dealkylation sites (tertiary alicyclic amines) is 4. The minimum Gasteiger partial charge on any atom is -0.409 e. The maximum absolute atomic E-state index is 14.0. The first-order chi connectivity index (χ1) is 65.5. The number of hydrogen-bond donors (Lipinski definition) is 4. The zero-order valence-corrected chi connectivity index (χ0v) is 81.3. The number of nitrogens with zero attached hydrogens (tertiary/aromatic N) is 16. The minimum absolute atomic E-state index is 0. The molecule has 0 aliphatic carbocycles. The normalized spacial score (nSPS) is 20.8. The van der Waals surface area contributed by atoms with Crippen LogP contribution in [0.1, 0.15) is 202 Å². The zero-order chi connectivity index (χ0) is 95.3. The number of amides is 8. The summed E-state index contributed by atoms with van der Waals surface area (Å²) in [5, 5.41) is 9.97. The number of carbonyl (C=O) groups is 8. The number of ether oxygens (including phenoxy) is 4. The molecular formula is C99H142F4N20O12S4. The first kappa shape index (κ1) is 113. The van der Waals surface area contributed by atoms with Crippen molar-refractivity contribution in [2.24, 2.45) is 20.0 Å². The molecule has 8 fully saturated rings. The third-order valence-corrected chi connectivity index (χ3v) is 28.9. The standard InChI is InChI=1S/2C24H30FN5O3S.C24H34FN5O3S.C23H32FN5O3S.4CH4/c2*25-18-7-6-17(14-21-22(31)27-23(34-21)30-12-5-2-9-26-30)20(15-18)33-24(32)29-13-8-19(16-29)28-10-3-1-4-11-28;1-4-28(5-2)13-9-14-29(6-3)24(32)33-20-17-19(25)11-10-18(20)16-21-22(31)27-23(34-21)30-15-8-7-12-26-30;1-4-28(5-2)13-8-12-27(3)23(31)32-19-16-18(24)10-9-17(19)15-20-21(30)26-22(33-20)29-14-7-6-11-25-29;;;;/h2*6-7,14-15,19,26H,1-5,8-13,16H2;10-11,16-17,26H,4-9,12-15H2,1-3H3;9-10,15-16,25H,4-8,11-14H2,1-3H3;4*1H4/b2*21-14-;21-16-;20-15-;;;;/t19-;;;;;;;/m1......./s1. The molecule has 4 aromatic carbocycles. The Morgan fingerprint density at radius 3 is 0.950 bits per heavy atom. The highest BCUT2D eigenvalue weighted by Crippen LogP contribution is 2.39. The first-order valence-corrected chi connectivity index (χ1v) is 50.8. The van der Waals surface area contributed by atoms with Crippen molar-refractivity contribution in [1.29, 1.82) is 0 Å². The molecule has 0 bridgehead atoms. The van der Waals surface area contributed by atoms with Crippen LogP contribution in [0.5, 0.6) is 23.0 Å². The largest absolute Gasteiger partial charge is 0.415 e. The molecule has 16 rings (SSSR count). The van der Waals surface area contributed by atoms with Crippen LogP contribution in [0.2, 0.25) is 0 Å². The zero-order valence-electron chi connectivity index (χ0n) is 78.0. The fourth-order valence-electron chi connectivity index (χ4n) is 17.1. The second kappa shape index (κ2) is 56.8. The Bertz CT molecular complexity index is 4930. The number of amidine groups is 4. The maximum atomic E-state index is 14.0. The Balaban J connectivity index is 0.000000205.